The maximum Gasteiger partial charge on any atom is 0.137 e. The summed E-state index contributed by atoms with van der Waals surface area (Å²) in [5.41, 5.74) is 12.7. The SMILES string of the molecule is Nc1ccccc1C(ONc1ccccc1)c1ccccc1. The number of rotatable bonds is 5. The average Bonchev–Trinajstić information content (AvgIpc) is 2.58. The quantitative estimate of drug-likeness (QED) is 0.541. The van der Waals surface area contributed by atoms with Gasteiger partial charge in [-0.3, -0.25) is 10.3 Å². The monoisotopic (exact) mass is 290 g/mol. The second kappa shape index (κ2) is 6.78. The van der Waals surface area contributed by atoms with Gasteiger partial charge in [-0.15, -0.1) is 0 Å². The van der Waals surface area contributed by atoms with Gasteiger partial charge in [-0.05, 0) is 23.8 Å². The van der Waals surface area contributed by atoms with E-state index in [4.69, 9.17) is 10.6 Å². The largest absolute Gasteiger partial charge is 0.398 e. The zero-order chi connectivity index (χ0) is 15.2. The number of hydrogen-bond donors (Lipinski definition) is 2. The Bertz CT molecular complexity index is 714. The van der Waals surface area contributed by atoms with Gasteiger partial charge in [0.25, 0.3) is 0 Å². The van der Waals surface area contributed by atoms with Crippen molar-refractivity contribution in [1.29, 1.82) is 0 Å². The number of hydrogen-bond acceptors (Lipinski definition) is 3. The van der Waals surface area contributed by atoms with Crippen LogP contribution < -0.4 is 11.2 Å². The molecule has 3 N–H and O–H groups in total. The van der Waals surface area contributed by atoms with E-state index < -0.39 is 0 Å². The van der Waals surface area contributed by atoms with Gasteiger partial charge in [0.1, 0.15) is 6.10 Å². The highest BCUT2D eigenvalue weighted by atomic mass is 16.7. The van der Waals surface area contributed by atoms with Gasteiger partial charge in [0, 0.05) is 11.3 Å². The Morgan fingerprint density at radius 1 is 0.727 bits per heavy atom. The topological polar surface area (TPSA) is 47.3 Å². The summed E-state index contributed by atoms with van der Waals surface area (Å²) in [6.45, 7) is 0. The summed E-state index contributed by atoms with van der Waals surface area (Å²) in [6, 6.07) is 27.6. The van der Waals surface area contributed by atoms with Crippen LogP contribution in [0.15, 0.2) is 84.9 Å². The maximum absolute atomic E-state index is 6.12. The van der Waals surface area contributed by atoms with Crippen molar-refractivity contribution >= 4 is 11.4 Å². The molecule has 0 bridgehead atoms. The molecular weight excluding hydrogens is 272 g/mol. The fourth-order valence-corrected chi connectivity index (χ4v) is 2.32. The van der Waals surface area contributed by atoms with Crippen LogP contribution in [-0.2, 0) is 4.84 Å². The molecule has 0 heterocycles. The second-order valence-corrected chi connectivity index (χ2v) is 5.01. The van der Waals surface area contributed by atoms with Crippen molar-refractivity contribution in [2.45, 2.75) is 6.10 Å². The molecule has 3 heteroatoms. The molecule has 0 amide bonds. The third-order valence-electron chi connectivity index (χ3n) is 3.45. The van der Waals surface area contributed by atoms with Gasteiger partial charge in [-0.25, -0.2) is 0 Å². The Morgan fingerprint density at radius 3 is 2.00 bits per heavy atom. The number of nitrogens with two attached hydrogens (primary N) is 1. The lowest BCUT2D eigenvalue weighted by Gasteiger charge is -2.20. The molecule has 1 atom stereocenters. The third-order valence-corrected chi connectivity index (χ3v) is 3.45. The minimum Gasteiger partial charge on any atom is -0.398 e. The first-order valence-electron chi connectivity index (χ1n) is 7.20. The third kappa shape index (κ3) is 3.27. The molecule has 0 aliphatic carbocycles. The molecule has 0 spiro atoms. The molecule has 0 aliphatic rings. The summed E-state index contributed by atoms with van der Waals surface area (Å²) in [5, 5.41) is 0. The smallest absolute Gasteiger partial charge is 0.137 e. The van der Waals surface area contributed by atoms with Crippen LogP contribution in [0.3, 0.4) is 0 Å². The summed E-state index contributed by atoms with van der Waals surface area (Å²) in [5.74, 6) is 0. The second-order valence-electron chi connectivity index (χ2n) is 5.01. The maximum atomic E-state index is 6.12. The summed E-state index contributed by atoms with van der Waals surface area (Å²) >= 11 is 0. The average molecular weight is 290 g/mol. The molecule has 0 saturated heterocycles. The van der Waals surface area contributed by atoms with Crippen molar-refractivity contribution in [2.75, 3.05) is 11.2 Å². The van der Waals surface area contributed by atoms with Gasteiger partial charge in [0.2, 0.25) is 0 Å². The number of anilines is 2. The Morgan fingerprint density at radius 2 is 1.32 bits per heavy atom. The predicted molar refractivity (Wildman–Crippen MR) is 90.3 cm³/mol. The van der Waals surface area contributed by atoms with Crippen LogP contribution in [0.1, 0.15) is 17.2 Å². The number of nitrogen functional groups attached to an aromatic ring is 1. The lowest BCUT2D eigenvalue weighted by Crippen LogP contribution is -2.12. The van der Waals surface area contributed by atoms with Crippen LogP contribution in [0.5, 0.6) is 0 Å². The molecular formula is C19H18N2O. The highest BCUT2D eigenvalue weighted by molar-refractivity contribution is 5.51. The van der Waals surface area contributed by atoms with Crippen molar-refractivity contribution in [3.8, 4) is 0 Å². The van der Waals surface area contributed by atoms with Gasteiger partial charge in [0.15, 0.2) is 0 Å². The molecule has 0 aromatic heterocycles. The normalized spacial score (nSPS) is 11.8. The molecule has 1 unspecified atom stereocenters. The van der Waals surface area contributed by atoms with E-state index in [9.17, 15) is 0 Å². The van der Waals surface area contributed by atoms with Crippen LogP contribution >= 0.6 is 0 Å². The van der Waals surface area contributed by atoms with Crippen molar-refractivity contribution in [3.05, 3.63) is 96.1 Å². The predicted octanol–water partition coefficient (Wildman–Crippen LogP) is 4.40. The molecule has 3 rings (SSSR count). The Kier molecular flexibility index (Phi) is 4.37. The zero-order valence-corrected chi connectivity index (χ0v) is 12.1. The molecule has 3 aromatic carbocycles. The van der Waals surface area contributed by atoms with E-state index in [0.717, 1.165) is 16.8 Å². The lowest BCUT2D eigenvalue weighted by molar-refractivity contribution is 0.133. The van der Waals surface area contributed by atoms with Crippen LogP contribution in [0, 0.1) is 0 Å². The Hall–Kier alpha value is -2.78. The number of nitrogens with one attached hydrogen (secondary N) is 1. The fourth-order valence-electron chi connectivity index (χ4n) is 2.32. The van der Waals surface area contributed by atoms with E-state index in [1.807, 2.05) is 84.9 Å². The first-order valence-corrected chi connectivity index (χ1v) is 7.20. The van der Waals surface area contributed by atoms with E-state index in [0.29, 0.717) is 5.69 Å². The molecule has 3 nitrogen and oxygen atoms in total. The number of para-hydroxylation sites is 2. The van der Waals surface area contributed by atoms with Gasteiger partial charge in [-0.2, -0.15) is 0 Å². The molecule has 0 aliphatic heterocycles. The van der Waals surface area contributed by atoms with Crippen molar-refractivity contribution in [3.63, 3.8) is 0 Å². The van der Waals surface area contributed by atoms with Crippen LogP contribution in [0.25, 0.3) is 0 Å². The molecule has 0 radical (unpaired) electrons. The van der Waals surface area contributed by atoms with E-state index in [2.05, 4.69) is 5.48 Å². The summed E-state index contributed by atoms with van der Waals surface area (Å²) in [6.07, 6.45) is -0.275. The summed E-state index contributed by atoms with van der Waals surface area (Å²) in [7, 11) is 0. The highest BCUT2D eigenvalue weighted by Gasteiger charge is 2.17. The van der Waals surface area contributed by atoms with Crippen LogP contribution in [-0.4, -0.2) is 0 Å². The van der Waals surface area contributed by atoms with Gasteiger partial charge < -0.3 is 5.73 Å². The van der Waals surface area contributed by atoms with E-state index >= 15 is 0 Å². The molecule has 3 aromatic rings. The molecule has 0 fully saturated rings. The van der Waals surface area contributed by atoms with Crippen LogP contribution in [0.2, 0.25) is 0 Å². The Balaban J connectivity index is 1.89. The standard InChI is InChI=1S/C19H18N2O/c20-18-14-8-7-13-17(18)19(15-9-3-1-4-10-15)22-21-16-11-5-2-6-12-16/h1-14,19,21H,20H2. The molecule has 0 saturated carbocycles. The summed E-state index contributed by atoms with van der Waals surface area (Å²) < 4.78 is 0. The van der Waals surface area contributed by atoms with Gasteiger partial charge >= 0.3 is 0 Å². The van der Waals surface area contributed by atoms with Gasteiger partial charge in [-0.1, -0.05) is 66.7 Å². The van der Waals surface area contributed by atoms with Crippen molar-refractivity contribution in [1.82, 2.24) is 0 Å². The minimum atomic E-state index is -0.275. The Labute approximate surface area is 130 Å². The van der Waals surface area contributed by atoms with Crippen molar-refractivity contribution in [2.24, 2.45) is 0 Å². The first-order chi connectivity index (χ1) is 10.8. The van der Waals surface area contributed by atoms with E-state index in [1.165, 1.54) is 0 Å². The lowest BCUT2D eigenvalue weighted by atomic mass is 10.0. The first kappa shape index (κ1) is 14.2. The minimum absolute atomic E-state index is 0.275. The van der Waals surface area contributed by atoms with Crippen LogP contribution in [0.4, 0.5) is 11.4 Å². The van der Waals surface area contributed by atoms with E-state index in [-0.39, 0.29) is 6.10 Å². The van der Waals surface area contributed by atoms with Crippen molar-refractivity contribution < 1.29 is 4.84 Å². The fraction of sp³-hybridized carbons (Fsp3) is 0.0526. The highest BCUT2D eigenvalue weighted by Crippen LogP contribution is 2.30. The van der Waals surface area contributed by atoms with E-state index in [1.54, 1.807) is 0 Å². The van der Waals surface area contributed by atoms with Gasteiger partial charge in [0.05, 0.1) is 5.69 Å². The summed E-state index contributed by atoms with van der Waals surface area (Å²) in [4.78, 5) is 5.95. The zero-order valence-electron chi connectivity index (χ0n) is 12.1. The molecule has 22 heavy (non-hydrogen) atoms. The molecule has 110 valence electrons. The number of benzene rings is 3.